The number of hydrogen-bond donors (Lipinski definition) is 1. The standard InChI is InChI=1S/C29H26N2O5/c1-34-25-12-13-28-27(16-25)21(18-31-28)7-10-24(33)15-23(32)9-6-20-8-11-26(17-29(20)35-2)36-19-22-5-3-4-14-30-22/h3-14,16-18,31H,15,19H2,1-2H3. The number of fused-ring (bicyclic) bond motifs is 1. The largest absolute Gasteiger partial charge is 0.497 e. The number of methoxy groups -OCH3 is 2. The van der Waals surface area contributed by atoms with Crippen molar-refractivity contribution in [1.82, 2.24) is 9.97 Å². The maximum atomic E-state index is 12.4. The second-order valence-corrected chi connectivity index (χ2v) is 7.95. The van der Waals surface area contributed by atoms with E-state index in [1.54, 1.807) is 50.8 Å². The van der Waals surface area contributed by atoms with Crippen LogP contribution in [0.3, 0.4) is 0 Å². The van der Waals surface area contributed by atoms with E-state index in [1.807, 2.05) is 42.6 Å². The fourth-order valence-electron chi connectivity index (χ4n) is 3.60. The first-order valence-electron chi connectivity index (χ1n) is 11.3. The number of rotatable bonds is 11. The van der Waals surface area contributed by atoms with Gasteiger partial charge in [0.1, 0.15) is 23.9 Å². The highest BCUT2D eigenvalue weighted by Crippen LogP contribution is 2.27. The molecule has 0 aliphatic heterocycles. The Morgan fingerprint density at radius 1 is 0.889 bits per heavy atom. The van der Waals surface area contributed by atoms with Crippen molar-refractivity contribution in [2.75, 3.05) is 14.2 Å². The van der Waals surface area contributed by atoms with Gasteiger partial charge in [0.25, 0.3) is 0 Å². The molecule has 36 heavy (non-hydrogen) atoms. The van der Waals surface area contributed by atoms with E-state index >= 15 is 0 Å². The number of aromatic nitrogens is 2. The number of nitrogens with one attached hydrogen (secondary N) is 1. The molecule has 0 saturated carbocycles. The average molecular weight is 483 g/mol. The molecule has 0 amide bonds. The third-order valence-electron chi connectivity index (χ3n) is 5.48. The van der Waals surface area contributed by atoms with Crippen molar-refractivity contribution in [3.05, 3.63) is 96.0 Å². The summed E-state index contributed by atoms with van der Waals surface area (Å²) in [6, 6.07) is 16.6. The number of ether oxygens (including phenoxy) is 3. The molecule has 7 heteroatoms. The molecule has 0 fully saturated rings. The Balaban J connectivity index is 1.35. The summed E-state index contributed by atoms with van der Waals surface area (Å²) in [5, 5.41) is 0.934. The van der Waals surface area contributed by atoms with Crippen LogP contribution in [0.4, 0.5) is 0 Å². The Morgan fingerprint density at radius 2 is 1.67 bits per heavy atom. The minimum absolute atomic E-state index is 0.230. The van der Waals surface area contributed by atoms with Crippen LogP contribution < -0.4 is 14.2 Å². The van der Waals surface area contributed by atoms with E-state index in [9.17, 15) is 9.59 Å². The maximum Gasteiger partial charge on any atom is 0.163 e. The van der Waals surface area contributed by atoms with Crippen molar-refractivity contribution < 1.29 is 23.8 Å². The quantitative estimate of drug-likeness (QED) is 0.227. The molecule has 4 rings (SSSR count). The van der Waals surface area contributed by atoms with Crippen LogP contribution in [0.15, 0.2) is 79.1 Å². The van der Waals surface area contributed by atoms with Crippen molar-refractivity contribution in [3.8, 4) is 17.2 Å². The van der Waals surface area contributed by atoms with Crippen LogP contribution >= 0.6 is 0 Å². The van der Waals surface area contributed by atoms with E-state index < -0.39 is 0 Å². The predicted molar refractivity (Wildman–Crippen MR) is 139 cm³/mol. The third kappa shape index (κ3) is 6.27. The van der Waals surface area contributed by atoms with Crippen molar-refractivity contribution in [2.24, 2.45) is 0 Å². The van der Waals surface area contributed by atoms with E-state index in [1.165, 1.54) is 12.2 Å². The lowest BCUT2D eigenvalue weighted by Crippen LogP contribution is -2.02. The van der Waals surface area contributed by atoms with Crippen LogP contribution in [-0.4, -0.2) is 35.8 Å². The topological polar surface area (TPSA) is 90.5 Å². The molecule has 0 aliphatic carbocycles. The normalized spacial score (nSPS) is 11.3. The van der Waals surface area contributed by atoms with Gasteiger partial charge in [-0.3, -0.25) is 14.6 Å². The molecule has 7 nitrogen and oxygen atoms in total. The summed E-state index contributed by atoms with van der Waals surface area (Å²) < 4.78 is 16.5. The Morgan fingerprint density at radius 3 is 2.39 bits per heavy atom. The van der Waals surface area contributed by atoms with Crippen molar-refractivity contribution in [3.63, 3.8) is 0 Å². The minimum atomic E-state index is -0.303. The van der Waals surface area contributed by atoms with Gasteiger partial charge in [0.15, 0.2) is 11.6 Å². The molecule has 0 radical (unpaired) electrons. The summed E-state index contributed by atoms with van der Waals surface area (Å²) >= 11 is 0. The van der Waals surface area contributed by atoms with Gasteiger partial charge in [0.05, 0.1) is 26.3 Å². The second kappa shape index (κ2) is 11.7. The molecule has 182 valence electrons. The van der Waals surface area contributed by atoms with E-state index in [0.29, 0.717) is 23.7 Å². The molecule has 2 heterocycles. The van der Waals surface area contributed by atoms with Crippen molar-refractivity contribution in [1.29, 1.82) is 0 Å². The van der Waals surface area contributed by atoms with Gasteiger partial charge in [-0.2, -0.15) is 0 Å². The lowest BCUT2D eigenvalue weighted by Gasteiger charge is -2.09. The summed E-state index contributed by atoms with van der Waals surface area (Å²) in [6.07, 6.45) is 9.43. The summed E-state index contributed by atoms with van der Waals surface area (Å²) in [4.78, 5) is 32.1. The first-order valence-corrected chi connectivity index (χ1v) is 11.3. The smallest absolute Gasteiger partial charge is 0.163 e. The van der Waals surface area contributed by atoms with Gasteiger partial charge in [-0.25, -0.2) is 0 Å². The monoisotopic (exact) mass is 482 g/mol. The van der Waals surface area contributed by atoms with E-state index in [0.717, 1.165) is 27.9 Å². The van der Waals surface area contributed by atoms with Crippen LogP contribution in [0.5, 0.6) is 17.2 Å². The van der Waals surface area contributed by atoms with Crippen LogP contribution in [-0.2, 0) is 16.2 Å². The first kappa shape index (κ1) is 24.5. The van der Waals surface area contributed by atoms with Gasteiger partial charge < -0.3 is 19.2 Å². The van der Waals surface area contributed by atoms with E-state index in [4.69, 9.17) is 14.2 Å². The fraction of sp³-hybridized carbons (Fsp3) is 0.138. The zero-order chi connectivity index (χ0) is 25.3. The van der Waals surface area contributed by atoms with E-state index in [2.05, 4.69) is 9.97 Å². The number of allylic oxidation sites excluding steroid dienone is 2. The molecule has 0 unspecified atom stereocenters. The minimum Gasteiger partial charge on any atom is -0.497 e. The van der Waals surface area contributed by atoms with Gasteiger partial charge in [-0.15, -0.1) is 0 Å². The molecule has 0 atom stereocenters. The van der Waals surface area contributed by atoms with E-state index in [-0.39, 0.29) is 18.0 Å². The van der Waals surface area contributed by atoms with Gasteiger partial charge >= 0.3 is 0 Å². The Bertz CT molecular complexity index is 1420. The lowest BCUT2D eigenvalue weighted by molar-refractivity contribution is -0.121. The zero-order valence-corrected chi connectivity index (χ0v) is 20.1. The van der Waals surface area contributed by atoms with Gasteiger partial charge in [-0.05, 0) is 66.8 Å². The Kier molecular flexibility index (Phi) is 7.93. The number of H-pyrrole nitrogens is 1. The summed E-state index contributed by atoms with van der Waals surface area (Å²) in [5.74, 6) is 1.32. The number of ketones is 2. The van der Waals surface area contributed by atoms with Crippen molar-refractivity contribution >= 4 is 34.6 Å². The highest BCUT2D eigenvalue weighted by atomic mass is 16.5. The Hall–Kier alpha value is -4.65. The summed E-state index contributed by atoms with van der Waals surface area (Å²) in [6.45, 7) is 0.333. The molecule has 1 N–H and O–H groups in total. The molecule has 0 bridgehead atoms. The zero-order valence-electron chi connectivity index (χ0n) is 20.1. The average Bonchev–Trinajstić information content (AvgIpc) is 3.32. The number of benzene rings is 2. The third-order valence-corrected chi connectivity index (χ3v) is 5.48. The molecule has 0 aliphatic rings. The van der Waals surface area contributed by atoms with Crippen LogP contribution in [0.25, 0.3) is 23.1 Å². The molecule has 2 aromatic heterocycles. The number of aromatic amines is 1. The van der Waals surface area contributed by atoms with Crippen LogP contribution in [0, 0.1) is 0 Å². The van der Waals surface area contributed by atoms with Gasteiger partial charge in [-0.1, -0.05) is 6.07 Å². The number of pyridine rings is 1. The molecule has 0 saturated heterocycles. The summed E-state index contributed by atoms with van der Waals surface area (Å²) in [5.41, 5.74) is 3.29. The lowest BCUT2D eigenvalue weighted by atomic mass is 10.1. The van der Waals surface area contributed by atoms with Gasteiger partial charge in [0.2, 0.25) is 0 Å². The SMILES string of the molecule is COc1ccc2[nH]cc(C=CC(=O)CC(=O)C=Cc3ccc(OCc4ccccn4)cc3OC)c2c1. The highest BCUT2D eigenvalue weighted by molar-refractivity contribution is 6.11. The molecular formula is C29H26N2O5. The number of hydrogen-bond acceptors (Lipinski definition) is 6. The van der Waals surface area contributed by atoms with Crippen LogP contribution in [0.1, 0.15) is 23.2 Å². The molecule has 2 aromatic carbocycles. The molecule has 0 spiro atoms. The highest BCUT2D eigenvalue weighted by Gasteiger charge is 2.08. The van der Waals surface area contributed by atoms with Crippen LogP contribution in [0.2, 0.25) is 0 Å². The second-order valence-electron chi connectivity index (χ2n) is 7.95. The molecular weight excluding hydrogens is 456 g/mol. The maximum absolute atomic E-state index is 12.4. The number of carbonyl (C=O) groups excluding carboxylic acids is 2. The first-order chi connectivity index (χ1) is 17.6. The fourth-order valence-corrected chi connectivity index (χ4v) is 3.60. The summed E-state index contributed by atoms with van der Waals surface area (Å²) in [7, 11) is 3.15. The number of carbonyl (C=O) groups is 2. The molecule has 4 aromatic rings. The van der Waals surface area contributed by atoms with Crippen molar-refractivity contribution in [2.45, 2.75) is 13.0 Å². The van der Waals surface area contributed by atoms with Gasteiger partial charge in [0, 0.05) is 40.5 Å². The number of nitrogens with zero attached hydrogens (tertiary/aromatic N) is 1. The predicted octanol–water partition coefficient (Wildman–Crippen LogP) is 5.41. The Labute approximate surface area is 209 Å².